The fourth-order valence-electron chi connectivity index (χ4n) is 4.16. The van der Waals surface area contributed by atoms with Gasteiger partial charge in [0.1, 0.15) is 48.8 Å². The molecule has 3 aliphatic rings. The van der Waals surface area contributed by atoms with E-state index in [9.17, 15) is 30.6 Å². The lowest BCUT2D eigenvalue weighted by Gasteiger charge is -2.47. The van der Waals surface area contributed by atoms with Gasteiger partial charge in [0.2, 0.25) is 0 Å². The molecule has 0 aromatic rings. The van der Waals surface area contributed by atoms with Gasteiger partial charge in [-0.25, -0.2) is 0 Å². The first-order chi connectivity index (χ1) is 14.6. The summed E-state index contributed by atoms with van der Waals surface area (Å²) in [6, 6.07) is -2.72. The minimum Gasteiger partial charge on any atom is -0.394 e. The Balaban J connectivity index is 1.78. The van der Waals surface area contributed by atoms with Gasteiger partial charge in [0.15, 0.2) is 12.6 Å². The molecule has 0 bridgehead atoms. The molecule has 3 fully saturated rings. The molecule has 2 aliphatic heterocycles. The molecule has 31 heavy (non-hydrogen) atoms. The fraction of sp³-hybridized carbons (Fsp3) is 1.00. The molecule has 182 valence electrons. The second kappa shape index (κ2) is 10.1. The van der Waals surface area contributed by atoms with Crippen LogP contribution in [0, 0.1) is 0 Å². The van der Waals surface area contributed by atoms with Crippen LogP contribution < -0.4 is 22.9 Å². The highest BCUT2D eigenvalue weighted by molar-refractivity contribution is 5.01. The summed E-state index contributed by atoms with van der Waals surface area (Å²) in [6.07, 6.45) is -13.8. The molecule has 0 amide bonds. The van der Waals surface area contributed by atoms with Gasteiger partial charge in [-0.1, -0.05) is 0 Å². The van der Waals surface area contributed by atoms with Crippen molar-refractivity contribution in [2.45, 2.75) is 92.1 Å². The summed E-state index contributed by atoms with van der Waals surface area (Å²) < 4.78 is 22.5. The molecule has 1 saturated carbocycles. The largest absolute Gasteiger partial charge is 0.394 e. The maximum atomic E-state index is 10.6. The third-order valence-corrected chi connectivity index (χ3v) is 6.13. The van der Waals surface area contributed by atoms with Crippen LogP contribution in [0.15, 0.2) is 0 Å². The number of hydrogen-bond acceptors (Lipinski definition) is 14. The zero-order valence-electron chi connectivity index (χ0n) is 16.8. The van der Waals surface area contributed by atoms with Crippen LogP contribution in [0.5, 0.6) is 0 Å². The zero-order chi connectivity index (χ0) is 23.0. The molecule has 1 aliphatic carbocycles. The van der Waals surface area contributed by atoms with E-state index in [1.54, 1.807) is 0 Å². The number of aliphatic hydroxyl groups excluding tert-OH is 6. The maximum absolute atomic E-state index is 10.6. The number of rotatable bonds is 6. The normalized spacial score (nSPS) is 53.6. The molecule has 11 unspecified atom stereocenters. The van der Waals surface area contributed by atoms with Gasteiger partial charge in [0.05, 0.1) is 18.8 Å². The van der Waals surface area contributed by atoms with E-state index in [1.165, 1.54) is 0 Å². The van der Waals surface area contributed by atoms with Crippen LogP contribution in [0.25, 0.3) is 0 Å². The van der Waals surface area contributed by atoms with Crippen molar-refractivity contribution in [3.63, 3.8) is 0 Å². The average molecular weight is 454 g/mol. The lowest BCUT2D eigenvalue weighted by atomic mass is 9.84. The first-order valence-corrected chi connectivity index (χ1v) is 10.2. The zero-order valence-corrected chi connectivity index (χ0v) is 16.8. The van der Waals surface area contributed by atoms with Crippen LogP contribution >= 0.6 is 0 Å². The van der Waals surface area contributed by atoms with Gasteiger partial charge in [-0.15, -0.1) is 0 Å². The molecule has 14 heteroatoms. The number of nitrogens with two attached hydrogens (primary N) is 4. The van der Waals surface area contributed by atoms with Gasteiger partial charge >= 0.3 is 0 Å². The Morgan fingerprint density at radius 1 is 0.710 bits per heavy atom. The molecule has 0 aromatic carbocycles. The molecule has 14 nitrogen and oxygen atoms in total. The van der Waals surface area contributed by atoms with E-state index >= 15 is 0 Å². The first-order valence-electron chi connectivity index (χ1n) is 10.2. The van der Waals surface area contributed by atoms with E-state index in [4.69, 9.17) is 41.9 Å². The molecule has 2 saturated heterocycles. The van der Waals surface area contributed by atoms with Gasteiger partial charge in [0.25, 0.3) is 0 Å². The van der Waals surface area contributed by atoms with Gasteiger partial charge in [0, 0.05) is 18.6 Å². The number of hydrogen-bond donors (Lipinski definition) is 10. The van der Waals surface area contributed by atoms with Crippen molar-refractivity contribution in [2.24, 2.45) is 22.9 Å². The van der Waals surface area contributed by atoms with E-state index in [-0.39, 0.29) is 13.0 Å². The predicted molar refractivity (Wildman–Crippen MR) is 102 cm³/mol. The smallest absolute Gasteiger partial charge is 0.187 e. The molecule has 14 N–H and O–H groups in total. The van der Waals surface area contributed by atoms with Crippen LogP contribution in [0.2, 0.25) is 0 Å². The number of ether oxygens (including phenoxy) is 4. The van der Waals surface area contributed by atoms with Crippen molar-refractivity contribution in [1.82, 2.24) is 0 Å². The molecule has 3 rings (SSSR count). The first kappa shape index (κ1) is 25.1. The van der Waals surface area contributed by atoms with Crippen molar-refractivity contribution >= 4 is 0 Å². The van der Waals surface area contributed by atoms with Crippen LogP contribution in [-0.4, -0.2) is 129 Å². The highest BCUT2D eigenvalue weighted by atomic mass is 16.7. The van der Waals surface area contributed by atoms with E-state index in [0.29, 0.717) is 0 Å². The van der Waals surface area contributed by atoms with E-state index in [0.717, 1.165) is 0 Å². The maximum Gasteiger partial charge on any atom is 0.187 e. The highest BCUT2D eigenvalue weighted by Gasteiger charge is 2.52. The lowest BCUT2D eigenvalue weighted by molar-refractivity contribution is -0.306. The van der Waals surface area contributed by atoms with Gasteiger partial charge in [-0.3, -0.25) is 0 Å². The SMILES string of the molecule is NCC1OC(OC2C(N)CC(N)C(O)C2O[C@H]2O[C@@H](CO)[C@H](O)C2O)C(N)C(O)C1O. The summed E-state index contributed by atoms with van der Waals surface area (Å²) in [6.45, 7) is -0.673. The molecular formula is C17H34N4O10. The summed E-state index contributed by atoms with van der Waals surface area (Å²) >= 11 is 0. The predicted octanol–water partition coefficient (Wildman–Crippen LogP) is -6.65. The summed E-state index contributed by atoms with van der Waals surface area (Å²) in [5.41, 5.74) is 23.6. The van der Waals surface area contributed by atoms with Crippen LogP contribution in [-0.2, 0) is 18.9 Å². The van der Waals surface area contributed by atoms with Gasteiger partial charge in [-0.2, -0.15) is 0 Å². The van der Waals surface area contributed by atoms with E-state index in [2.05, 4.69) is 0 Å². The van der Waals surface area contributed by atoms with Crippen molar-refractivity contribution < 1.29 is 49.6 Å². The lowest BCUT2D eigenvalue weighted by Crippen LogP contribution is -2.68. The van der Waals surface area contributed by atoms with Crippen LogP contribution in [0.1, 0.15) is 6.42 Å². The summed E-state index contributed by atoms with van der Waals surface area (Å²) in [4.78, 5) is 0. The Morgan fingerprint density at radius 2 is 1.29 bits per heavy atom. The minimum absolute atomic E-state index is 0.114. The topological polar surface area (TPSA) is 262 Å². The Labute approximate surface area is 178 Å². The van der Waals surface area contributed by atoms with Gasteiger partial charge in [-0.05, 0) is 6.42 Å². The second-order valence-electron chi connectivity index (χ2n) is 8.30. The van der Waals surface area contributed by atoms with Gasteiger partial charge < -0.3 is 72.5 Å². The molecule has 0 radical (unpaired) electrons. The third kappa shape index (κ3) is 4.87. The van der Waals surface area contributed by atoms with Crippen LogP contribution in [0.3, 0.4) is 0 Å². The number of aliphatic hydroxyl groups is 6. The molecule has 0 spiro atoms. The average Bonchev–Trinajstić information content (AvgIpc) is 3.02. The quantitative estimate of drug-likeness (QED) is 0.179. The van der Waals surface area contributed by atoms with Crippen molar-refractivity contribution in [3.05, 3.63) is 0 Å². The fourth-order valence-corrected chi connectivity index (χ4v) is 4.16. The Hall–Kier alpha value is -0.560. The molecule has 2 heterocycles. The molecule has 0 aromatic heterocycles. The van der Waals surface area contributed by atoms with E-state index < -0.39 is 92.2 Å². The third-order valence-electron chi connectivity index (χ3n) is 6.13. The van der Waals surface area contributed by atoms with Crippen molar-refractivity contribution in [3.8, 4) is 0 Å². The highest BCUT2D eigenvalue weighted by Crippen LogP contribution is 2.31. The van der Waals surface area contributed by atoms with E-state index in [1.807, 2.05) is 0 Å². The Morgan fingerprint density at radius 3 is 1.87 bits per heavy atom. The second-order valence-corrected chi connectivity index (χ2v) is 8.30. The van der Waals surface area contributed by atoms with Crippen molar-refractivity contribution in [1.29, 1.82) is 0 Å². The molecule has 14 atom stereocenters. The monoisotopic (exact) mass is 454 g/mol. The Kier molecular flexibility index (Phi) is 8.21. The summed E-state index contributed by atoms with van der Waals surface area (Å²) in [7, 11) is 0. The molecular weight excluding hydrogens is 420 g/mol. The van der Waals surface area contributed by atoms with Crippen molar-refractivity contribution in [2.75, 3.05) is 13.2 Å². The van der Waals surface area contributed by atoms with Crippen LogP contribution in [0.4, 0.5) is 0 Å². The Bertz CT molecular complexity index is 591. The minimum atomic E-state index is -1.51. The standard InChI is InChI=1S/C17H34N4O10/c18-2-6-10(24)12(26)8(21)16(28-6)30-14-5(20)1-4(19)9(23)15(14)31-17-13(27)11(25)7(3-22)29-17/h4-17,22-27H,1-3,18-21H2/t4?,5?,6?,7-,8?,9?,10?,11-,12?,13?,14?,15?,16?,17+/m0/s1. The summed E-state index contributed by atoms with van der Waals surface area (Å²) in [5.74, 6) is 0. The summed E-state index contributed by atoms with van der Waals surface area (Å²) in [5, 5.41) is 60.2.